The SMILES string of the molecule is C[C@@H](O)[C@H]([NH3+])C(=O)N[C@@H](Cc1ccccc1)C(=O)N[C@@H](CCCC[NH3+])C(=O)N[C@@H](CCCC[NH3+])C(=O)N[C@H](C(=O)N[C@@H](CC(N)=O)C(=O)O)[C@@H](C)O. The highest BCUT2D eigenvalue weighted by Crippen LogP contribution is 2.09. The van der Waals surface area contributed by atoms with Crippen molar-refractivity contribution < 1.29 is 66.1 Å². The largest absolute Gasteiger partial charge is 0.480 e. The summed E-state index contributed by atoms with van der Waals surface area (Å²) in [6, 6.07) is 0.754. The molecule has 19 N–H and O–H groups in total. The molecule has 19 nitrogen and oxygen atoms in total. The molecule has 0 bridgehead atoms. The normalized spacial score (nSPS) is 15.7. The van der Waals surface area contributed by atoms with Gasteiger partial charge in [-0.1, -0.05) is 30.3 Å². The Morgan fingerprint density at radius 3 is 1.56 bits per heavy atom. The number of benzene rings is 1. The van der Waals surface area contributed by atoms with Crippen LogP contribution in [-0.2, 0) is 40.0 Å². The van der Waals surface area contributed by atoms with E-state index in [1.807, 2.05) is 0 Å². The highest BCUT2D eigenvalue weighted by Gasteiger charge is 2.35. The summed E-state index contributed by atoms with van der Waals surface area (Å²) < 4.78 is 0. The highest BCUT2D eigenvalue weighted by molar-refractivity contribution is 5.97. The summed E-state index contributed by atoms with van der Waals surface area (Å²) in [6.07, 6.45) is -0.985. The lowest BCUT2D eigenvalue weighted by Crippen LogP contribution is -2.73. The Balaban J connectivity index is 3.32. The summed E-state index contributed by atoms with van der Waals surface area (Å²) in [5.41, 5.74) is 17.0. The number of carboxylic acid groups (broad SMARTS) is 1. The molecule has 1 rings (SSSR count). The molecule has 8 atom stereocenters. The van der Waals surface area contributed by atoms with Crippen molar-refractivity contribution in [2.75, 3.05) is 13.1 Å². The lowest BCUT2D eigenvalue weighted by atomic mass is 10.0. The third-order valence-corrected chi connectivity index (χ3v) is 8.17. The molecule has 52 heavy (non-hydrogen) atoms. The Morgan fingerprint density at radius 2 is 1.12 bits per heavy atom. The van der Waals surface area contributed by atoms with Gasteiger partial charge >= 0.3 is 5.97 Å². The Hall–Kier alpha value is -4.69. The van der Waals surface area contributed by atoms with E-state index in [1.165, 1.54) is 13.8 Å². The van der Waals surface area contributed by atoms with Crippen LogP contribution in [0.15, 0.2) is 30.3 Å². The van der Waals surface area contributed by atoms with Crippen LogP contribution < -0.4 is 49.5 Å². The van der Waals surface area contributed by atoms with Crippen LogP contribution in [0, 0.1) is 0 Å². The quantitative estimate of drug-likeness (QED) is 0.0421. The summed E-state index contributed by atoms with van der Waals surface area (Å²) in [7, 11) is 0. The number of nitrogens with two attached hydrogens (primary N) is 1. The lowest BCUT2D eigenvalue weighted by Gasteiger charge is -2.28. The van der Waals surface area contributed by atoms with Crippen LogP contribution in [0.1, 0.15) is 64.4 Å². The zero-order valence-corrected chi connectivity index (χ0v) is 30.0. The molecule has 6 amide bonds. The maximum atomic E-state index is 13.8. The first-order chi connectivity index (χ1) is 24.5. The second kappa shape index (κ2) is 23.7. The average molecular weight is 741 g/mol. The van der Waals surface area contributed by atoms with Crippen LogP contribution in [0.25, 0.3) is 0 Å². The van der Waals surface area contributed by atoms with Gasteiger partial charge in [0.1, 0.15) is 36.3 Å². The topological polar surface area (TPSA) is 349 Å². The molecule has 0 radical (unpaired) electrons. The van der Waals surface area contributed by atoms with Crippen molar-refractivity contribution in [3.63, 3.8) is 0 Å². The Morgan fingerprint density at radius 1 is 0.654 bits per heavy atom. The number of aliphatic hydroxyl groups is 2. The van der Waals surface area contributed by atoms with Gasteiger partial charge in [0.05, 0.1) is 25.6 Å². The van der Waals surface area contributed by atoms with Crippen molar-refractivity contribution >= 4 is 41.4 Å². The number of quaternary nitrogens is 3. The molecule has 0 aliphatic carbocycles. The number of rotatable bonds is 25. The molecule has 0 saturated heterocycles. The van der Waals surface area contributed by atoms with E-state index in [9.17, 15) is 48.9 Å². The maximum Gasteiger partial charge on any atom is 0.326 e. The van der Waals surface area contributed by atoms with Crippen LogP contribution in [0.2, 0.25) is 0 Å². The fourth-order valence-corrected chi connectivity index (χ4v) is 5.01. The van der Waals surface area contributed by atoms with E-state index in [0.29, 0.717) is 44.3 Å². The number of hydrogen-bond acceptors (Lipinski definition) is 9. The first kappa shape index (κ1) is 45.3. The van der Waals surface area contributed by atoms with E-state index in [2.05, 4.69) is 43.8 Å². The van der Waals surface area contributed by atoms with Gasteiger partial charge in [0, 0.05) is 6.42 Å². The second-order valence-electron chi connectivity index (χ2n) is 12.7. The molecule has 0 spiro atoms. The molecule has 0 aromatic heterocycles. The first-order valence-corrected chi connectivity index (χ1v) is 17.4. The molecule has 1 aromatic rings. The van der Waals surface area contributed by atoms with Crippen molar-refractivity contribution in [3.05, 3.63) is 35.9 Å². The predicted molar refractivity (Wildman–Crippen MR) is 184 cm³/mol. The number of carbonyl (C=O) groups is 7. The molecule has 0 aliphatic heterocycles. The first-order valence-electron chi connectivity index (χ1n) is 17.4. The number of aliphatic hydroxyl groups excluding tert-OH is 2. The van der Waals surface area contributed by atoms with Crippen LogP contribution in [0.3, 0.4) is 0 Å². The number of nitrogens with one attached hydrogen (secondary N) is 5. The van der Waals surface area contributed by atoms with E-state index in [-0.39, 0.29) is 19.3 Å². The van der Waals surface area contributed by atoms with Gasteiger partial charge in [-0.2, -0.15) is 0 Å². The molecule has 0 aliphatic rings. The Labute approximate surface area is 302 Å². The van der Waals surface area contributed by atoms with Crippen molar-refractivity contribution in [2.45, 2.75) is 114 Å². The van der Waals surface area contributed by atoms with Crippen LogP contribution in [0.4, 0.5) is 0 Å². The second-order valence-corrected chi connectivity index (χ2v) is 12.7. The van der Waals surface area contributed by atoms with Gasteiger partial charge in [0.25, 0.3) is 5.91 Å². The summed E-state index contributed by atoms with van der Waals surface area (Å²) in [5.74, 6) is -6.66. The summed E-state index contributed by atoms with van der Waals surface area (Å²) in [6.45, 7) is 3.66. The minimum atomic E-state index is -1.72. The smallest absolute Gasteiger partial charge is 0.326 e. The molecule has 292 valence electrons. The number of carbonyl (C=O) groups excluding carboxylic acids is 6. The number of carboxylic acids is 1. The van der Waals surface area contributed by atoms with Gasteiger partial charge < -0.3 is 64.8 Å². The molecule has 1 aromatic carbocycles. The highest BCUT2D eigenvalue weighted by atomic mass is 16.4. The van der Waals surface area contributed by atoms with Gasteiger partial charge in [-0.25, -0.2) is 4.79 Å². The Kier molecular flexibility index (Phi) is 20.7. The number of amides is 6. The average Bonchev–Trinajstić information content (AvgIpc) is 3.08. The lowest BCUT2D eigenvalue weighted by molar-refractivity contribution is -0.419. The Bertz CT molecular complexity index is 1330. The van der Waals surface area contributed by atoms with Crippen LogP contribution >= 0.6 is 0 Å². The monoisotopic (exact) mass is 740 g/mol. The van der Waals surface area contributed by atoms with E-state index in [1.54, 1.807) is 30.3 Å². The van der Waals surface area contributed by atoms with Crippen molar-refractivity contribution in [1.82, 2.24) is 26.6 Å². The van der Waals surface area contributed by atoms with Gasteiger partial charge in [-0.05, 0) is 57.9 Å². The fourth-order valence-electron chi connectivity index (χ4n) is 5.01. The summed E-state index contributed by atoms with van der Waals surface area (Å²) in [5, 5.41) is 42.0. The van der Waals surface area contributed by atoms with Gasteiger partial charge in [0.15, 0.2) is 6.04 Å². The van der Waals surface area contributed by atoms with Crippen molar-refractivity contribution in [3.8, 4) is 0 Å². The number of aliphatic carboxylic acids is 1. The maximum absolute atomic E-state index is 13.8. The third-order valence-electron chi connectivity index (χ3n) is 8.17. The van der Waals surface area contributed by atoms with Gasteiger partial charge in [0.2, 0.25) is 29.5 Å². The zero-order chi connectivity index (χ0) is 39.4. The summed E-state index contributed by atoms with van der Waals surface area (Å²) >= 11 is 0. The molecule has 0 unspecified atom stereocenters. The molecule has 0 fully saturated rings. The summed E-state index contributed by atoms with van der Waals surface area (Å²) in [4.78, 5) is 89.7. The molecule has 0 heterocycles. The van der Waals surface area contributed by atoms with Crippen molar-refractivity contribution in [1.29, 1.82) is 0 Å². The standard InChI is InChI=1S/C33H55N9O10/c1-18(43)26(37)31(49)40-23(16-20-10-4-3-5-11-20)30(48)39-21(12-6-8-14-34)28(46)38-22(13-7-9-15-35)29(47)42-27(19(2)44)32(50)41-24(33(51)52)17-25(36)45/h3-5,10-11,18-19,21-24,26-27,43-44H,6-9,12-17,34-35,37H2,1-2H3,(H2,36,45)(H,38,46)(H,39,48)(H,40,49)(H,41,50)(H,42,47)(H,51,52)/p+3/t18-,19-,21+,22+,23+,24+,26+,27+/m1/s1. The van der Waals surface area contributed by atoms with Crippen molar-refractivity contribution in [2.24, 2.45) is 5.73 Å². The van der Waals surface area contributed by atoms with Crippen LogP contribution in [0.5, 0.6) is 0 Å². The van der Waals surface area contributed by atoms with E-state index < -0.39 is 96.3 Å². The van der Waals surface area contributed by atoms with Gasteiger partial charge in [-0.15, -0.1) is 0 Å². The fraction of sp³-hybridized carbons (Fsp3) is 0.606. The number of hydrogen-bond donors (Lipinski definition) is 12. The van der Waals surface area contributed by atoms with Crippen LogP contribution in [-0.4, -0.2) is 118 Å². The number of primary amides is 1. The minimum absolute atomic E-state index is 0.0548. The van der Waals surface area contributed by atoms with E-state index in [0.717, 1.165) is 0 Å². The number of unbranched alkanes of at least 4 members (excludes halogenated alkanes) is 2. The minimum Gasteiger partial charge on any atom is -0.480 e. The zero-order valence-electron chi connectivity index (χ0n) is 30.0. The van der Waals surface area contributed by atoms with Gasteiger partial charge in [-0.3, -0.25) is 28.8 Å². The predicted octanol–water partition coefficient (Wildman–Crippen LogP) is -6.19. The van der Waals surface area contributed by atoms with E-state index >= 15 is 0 Å². The molecular formula is C33H58N9O10+3. The molecule has 0 saturated carbocycles. The molecular weight excluding hydrogens is 682 g/mol. The third kappa shape index (κ3) is 16.6. The van der Waals surface area contributed by atoms with E-state index in [4.69, 9.17) is 5.73 Å². The molecule has 19 heteroatoms.